The van der Waals surface area contributed by atoms with Crippen molar-refractivity contribution in [2.24, 2.45) is 0 Å². The van der Waals surface area contributed by atoms with Crippen LogP contribution in [0.4, 0.5) is 0 Å². The first-order chi connectivity index (χ1) is 13.9. The maximum atomic E-state index is 6.06. The molecule has 1 aromatic heterocycles. The van der Waals surface area contributed by atoms with Crippen molar-refractivity contribution in [2.75, 3.05) is 0 Å². The molecule has 4 rings (SSSR count). The first kappa shape index (κ1) is 17.9. The zero-order valence-corrected chi connectivity index (χ0v) is 15.6. The lowest BCUT2D eigenvalue weighted by molar-refractivity contribution is 0.302. The van der Waals surface area contributed by atoms with Gasteiger partial charge in [0.05, 0.1) is 0 Å². The van der Waals surface area contributed by atoms with E-state index in [0.717, 1.165) is 36.5 Å². The van der Waals surface area contributed by atoms with Crippen molar-refractivity contribution in [3.05, 3.63) is 96.1 Å². The van der Waals surface area contributed by atoms with Gasteiger partial charge in [-0.05, 0) is 40.5 Å². The number of tetrazole rings is 1. The summed E-state index contributed by atoms with van der Waals surface area (Å²) in [6, 6.07) is 28.5. The first-order valence-corrected chi connectivity index (χ1v) is 9.46. The Bertz CT molecular complexity index is 999. The third-order valence-electron chi connectivity index (χ3n) is 4.59. The highest BCUT2D eigenvalue weighted by atomic mass is 16.5. The van der Waals surface area contributed by atoms with E-state index in [1.165, 1.54) is 11.1 Å². The van der Waals surface area contributed by atoms with Crippen molar-refractivity contribution in [3.8, 4) is 17.1 Å². The molecule has 3 aromatic carbocycles. The van der Waals surface area contributed by atoms with Gasteiger partial charge in [-0.15, -0.1) is 5.10 Å². The van der Waals surface area contributed by atoms with E-state index >= 15 is 0 Å². The van der Waals surface area contributed by atoms with Gasteiger partial charge in [0, 0.05) is 12.1 Å². The van der Waals surface area contributed by atoms with Gasteiger partial charge in [0.1, 0.15) is 12.4 Å². The lowest BCUT2D eigenvalue weighted by atomic mass is 10.1. The van der Waals surface area contributed by atoms with E-state index in [1.54, 1.807) is 0 Å². The van der Waals surface area contributed by atoms with Crippen molar-refractivity contribution in [3.63, 3.8) is 0 Å². The summed E-state index contributed by atoms with van der Waals surface area (Å²) in [5.41, 5.74) is 3.39. The highest BCUT2D eigenvalue weighted by Crippen LogP contribution is 2.22. The second kappa shape index (κ2) is 8.95. The number of rotatable bonds is 8. The van der Waals surface area contributed by atoms with E-state index in [-0.39, 0.29) is 0 Å². The SMILES string of the molecule is c1ccc(COc2ccccc2CCCn2nnnc2-c2ccccc2)cc1. The monoisotopic (exact) mass is 370 g/mol. The molecule has 5 nitrogen and oxygen atoms in total. The minimum atomic E-state index is 0.572. The molecule has 0 spiro atoms. The molecule has 0 unspecified atom stereocenters. The third-order valence-corrected chi connectivity index (χ3v) is 4.59. The molecule has 28 heavy (non-hydrogen) atoms. The van der Waals surface area contributed by atoms with Crippen LogP contribution in [-0.4, -0.2) is 20.2 Å². The largest absolute Gasteiger partial charge is 0.489 e. The zero-order chi connectivity index (χ0) is 19.0. The number of ether oxygens (including phenoxy) is 1. The van der Waals surface area contributed by atoms with Crippen LogP contribution >= 0.6 is 0 Å². The molecule has 0 N–H and O–H groups in total. The van der Waals surface area contributed by atoms with E-state index in [2.05, 4.69) is 39.8 Å². The van der Waals surface area contributed by atoms with Crippen LogP contribution in [0.25, 0.3) is 11.4 Å². The summed E-state index contributed by atoms with van der Waals surface area (Å²) in [5.74, 6) is 1.74. The summed E-state index contributed by atoms with van der Waals surface area (Å²) in [6.07, 6.45) is 1.83. The lowest BCUT2D eigenvalue weighted by Crippen LogP contribution is -2.05. The average Bonchev–Trinajstić information content (AvgIpc) is 3.23. The summed E-state index contributed by atoms with van der Waals surface area (Å²) in [4.78, 5) is 0. The Morgan fingerprint density at radius 1 is 0.786 bits per heavy atom. The Morgan fingerprint density at radius 3 is 2.32 bits per heavy atom. The van der Waals surface area contributed by atoms with Crippen molar-refractivity contribution >= 4 is 0 Å². The van der Waals surface area contributed by atoms with Gasteiger partial charge in [-0.3, -0.25) is 0 Å². The van der Waals surface area contributed by atoms with Gasteiger partial charge in [-0.25, -0.2) is 4.68 Å². The third kappa shape index (κ3) is 4.43. The van der Waals surface area contributed by atoms with Gasteiger partial charge in [0.2, 0.25) is 0 Å². The fourth-order valence-corrected chi connectivity index (χ4v) is 3.16. The molecule has 140 valence electrons. The van der Waals surface area contributed by atoms with Crippen molar-refractivity contribution in [1.82, 2.24) is 20.2 Å². The van der Waals surface area contributed by atoms with E-state index in [1.807, 2.05) is 65.3 Å². The molecular formula is C23H22N4O. The Hall–Kier alpha value is -3.47. The Labute approximate surface area is 164 Å². The second-order valence-corrected chi connectivity index (χ2v) is 6.58. The number of hydrogen-bond acceptors (Lipinski definition) is 4. The van der Waals surface area contributed by atoms with Crippen LogP contribution in [0.5, 0.6) is 5.75 Å². The number of para-hydroxylation sites is 1. The molecule has 0 radical (unpaired) electrons. The lowest BCUT2D eigenvalue weighted by Gasteiger charge is -2.12. The molecule has 0 aliphatic rings. The van der Waals surface area contributed by atoms with Gasteiger partial charge < -0.3 is 4.74 Å². The molecule has 0 amide bonds. The summed E-state index contributed by atoms with van der Waals surface area (Å²) < 4.78 is 7.92. The quantitative estimate of drug-likeness (QED) is 0.456. The van der Waals surface area contributed by atoms with E-state index in [4.69, 9.17) is 4.74 Å². The predicted octanol–water partition coefficient (Wildman–Crippen LogP) is 4.55. The fraction of sp³-hybridized carbons (Fsp3) is 0.174. The highest BCUT2D eigenvalue weighted by molar-refractivity contribution is 5.53. The van der Waals surface area contributed by atoms with Gasteiger partial charge in [-0.1, -0.05) is 78.9 Å². The maximum Gasteiger partial charge on any atom is 0.182 e. The van der Waals surface area contributed by atoms with Crippen LogP contribution in [-0.2, 0) is 19.6 Å². The predicted molar refractivity (Wildman–Crippen MR) is 109 cm³/mol. The first-order valence-electron chi connectivity index (χ1n) is 9.46. The van der Waals surface area contributed by atoms with Crippen LogP contribution < -0.4 is 4.74 Å². The average molecular weight is 370 g/mol. The molecular weight excluding hydrogens is 348 g/mol. The van der Waals surface area contributed by atoms with E-state index in [0.29, 0.717) is 6.61 Å². The van der Waals surface area contributed by atoms with Crippen molar-refractivity contribution in [1.29, 1.82) is 0 Å². The fourth-order valence-electron chi connectivity index (χ4n) is 3.16. The number of aromatic nitrogens is 4. The number of hydrogen-bond donors (Lipinski definition) is 0. The smallest absolute Gasteiger partial charge is 0.182 e. The molecule has 0 saturated carbocycles. The number of aryl methyl sites for hydroxylation is 2. The van der Waals surface area contributed by atoms with Crippen LogP contribution in [0.2, 0.25) is 0 Å². The molecule has 0 atom stereocenters. The zero-order valence-electron chi connectivity index (χ0n) is 15.6. The molecule has 1 heterocycles. The van der Waals surface area contributed by atoms with Gasteiger partial charge in [0.15, 0.2) is 5.82 Å². The highest BCUT2D eigenvalue weighted by Gasteiger charge is 2.09. The maximum absolute atomic E-state index is 6.06. The standard InChI is InChI=1S/C23H22N4O/c1-3-10-19(11-4-1)18-28-22-16-8-7-12-20(22)15-9-17-27-23(24-25-26-27)21-13-5-2-6-14-21/h1-8,10-14,16H,9,15,17-18H2. The topological polar surface area (TPSA) is 52.8 Å². The van der Waals surface area contributed by atoms with Crippen LogP contribution in [0.1, 0.15) is 17.5 Å². The van der Waals surface area contributed by atoms with Gasteiger partial charge in [0.25, 0.3) is 0 Å². The molecule has 0 bridgehead atoms. The summed E-state index contributed by atoms with van der Waals surface area (Å²) in [5, 5.41) is 12.2. The summed E-state index contributed by atoms with van der Waals surface area (Å²) in [6.45, 7) is 1.33. The molecule has 0 saturated heterocycles. The molecule has 0 aliphatic carbocycles. The van der Waals surface area contributed by atoms with Gasteiger partial charge >= 0.3 is 0 Å². The molecule has 4 aromatic rings. The van der Waals surface area contributed by atoms with Gasteiger partial charge in [-0.2, -0.15) is 0 Å². The van der Waals surface area contributed by atoms with Crippen LogP contribution in [0.3, 0.4) is 0 Å². The number of benzene rings is 3. The van der Waals surface area contributed by atoms with E-state index in [9.17, 15) is 0 Å². The van der Waals surface area contributed by atoms with Crippen molar-refractivity contribution in [2.45, 2.75) is 26.0 Å². The minimum Gasteiger partial charge on any atom is -0.489 e. The normalized spacial score (nSPS) is 10.7. The Morgan fingerprint density at radius 2 is 1.50 bits per heavy atom. The summed E-state index contributed by atoms with van der Waals surface area (Å²) in [7, 11) is 0. The number of nitrogens with zero attached hydrogens (tertiary/aromatic N) is 4. The molecule has 0 fully saturated rings. The van der Waals surface area contributed by atoms with E-state index < -0.39 is 0 Å². The Balaban J connectivity index is 1.38. The molecule has 0 aliphatic heterocycles. The summed E-state index contributed by atoms with van der Waals surface area (Å²) >= 11 is 0. The minimum absolute atomic E-state index is 0.572. The Kier molecular flexibility index (Phi) is 5.73. The molecule has 5 heteroatoms. The van der Waals surface area contributed by atoms with Crippen molar-refractivity contribution < 1.29 is 4.74 Å². The van der Waals surface area contributed by atoms with Crippen LogP contribution in [0, 0.1) is 0 Å². The van der Waals surface area contributed by atoms with Crippen LogP contribution in [0.15, 0.2) is 84.9 Å². The second-order valence-electron chi connectivity index (χ2n) is 6.58.